The predicted molar refractivity (Wildman–Crippen MR) is 111 cm³/mol. The van der Waals surface area contributed by atoms with Crippen molar-refractivity contribution in [2.75, 3.05) is 11.9 Å². The average Bonchev–Trinajstić information content (AvgIpc) is 2.63. The van der Waals surface area contributed by atoms with Crippen LogP contribution in [0.4, 0.5) is 5.69 Å². The molecule has 0 saturated heterocycles. The van der Waals surface area contributed by atoms with E-state index >= 15 is 0 Å². The molecule has 0 aliphatic heterocycles. The molecule has 0 aliphatic carbocycles. The van der Waals surface area contributed by atoms with Gasteiger partial charge in [0.1, 0.15) is 5.75 Å². The molecule has 0 aliphatic rings. The highest BCUT2D eigenvalue weighted by Crippen LogP contribution is 2.16. The van der Waals surface area contributed by atoms with Gasteiger partial charge in [-0.2, -0.15) is 0 Å². The summed E-state index contributed by atoms with van der Waals surface area (Å²) in [6.07, 6.45) is 4.71. The Kier molecular flexibility index (Phi) is 8.38. The summed E-state index contributed by atoms with van der Waals surface area (Å²) < 4.78 is 5.70. The molecule has 2 aromatic carbocycles. The Morgan fingerprint density at radius 1 is 1.04 bits per heavy atom. The maximum atomic E-state index is 12.1. The van der Waals surface area contributed by atoms with Gasteiger partial charge in [-0.25, -0.2) is 0 Å². The average molecular weight is 391 g/mol. The van der Waals surface area contributed by atoms with Gasteiger partial charge in [-0.15, -0.1) is 0 Å². The number of nitrogens with one attached hydrogen (secondary N) is 2. The van der Waals surface area contributed by atoms with Crippen molar-refractivity contribution >= 4 is 40.5 Å². The molecule has 0 bridgehead atoms. The van der Waals surface area contributed by atoms with Gasteiger partial charge < -0.3 is 10.1 Å². The Hall–Kier alpha value is -2.11. The summed E-state index contributed by atoms with van der Waals surface area (Å²) in [5, 5.41) is 6.44. The number of ether oxygens (including phenoxy) is 1. The Bertz CT molecular complexity index is 718. The Morgan fingerprint density at radius 3 is 2.38 bits per heavy atom. The van der Waals surface area contributed by atoms with Gasteiger partial charge in [0, 0.05) is 16.3 Å². The fraction of sp³-hybridized carbons (Fsp3) is 0.300. The number of rotatable bonds is 8. The van der Waals surface area contributed by atoms with Crippen molar-refractivity contribution in [2.45, 2.75) is 32.6 Å². The molecule has 0 radical (unpaired) electrons. The molecule has 0 heterocycles. The third kappa shape index (κ3) is 7.02. The van der Waals surface area contributed by atoms with Gasteiger partial charge in [-0.05, 0) is 67.2 Å². The van der Waals surface area contributed by atoms with Gasteiger partial charge in [0.15, 0.2) is 5.11 Å². The molecule has 0 unspecified atom stereocenters. The summed E-state index contributed by atoms with van der Waals surface area (Å²) in [6.45, 7) is 2.91. The monoisotopic (exact) mass is 390 g/mol. The van der Waals surface area contributed by atoms with Crippen LogP contribution in [-0.4, -0.2) is 17.6 Å². The van der Waals surface area contributed by atoms with Crippen molar-refractivity contribution in [1.29, 1.82) is 0 Å². The van der Waals surface area contributed by atoms with Crippen molar-refractivity contribution in [3.63, 3.8) is 0 Å². The van der Waals surface area contributed by atoms with Crippen molar-refractivity contribution in [3.05, 3.63) is 59.1 Å². The summed E-state index contributed by atoms with van der Waals surface area (Å²) >= 11 is 11.0. The first-order valence-electron chi connectivity index (χ1n) is 8.69. The quantitative estimate of drug-likeness (QED) is 0.466. The minimum Gasteiger partial charge on any atom is -0.494 e. The second-order valence-electron chi connectivity index (χ2n) is 5.85. The summed E-state index contributed by atoms with van der Waals surface area (Å²) in [4.78, 5) is 12.1. The van der Waals surface area contributed by atoms with Crippen LogP contribution in [0.3, 0.4) is 0 Å². The van der Waals surface area contributed by atoms with E-state index in [1.165, 1.54) is 19.3 Å². The van der Waals surface area contributed by atoms with Crippen molar-refractivity contribution in [2.24, 2.45) is 0 Å². The fourth-order valence-electron chi connectivity index (χ4n) is 2.29. The third-order valence-corrected chi connectivity index (χ3v) is 4.17. The second-order valence-corrected chi connectivity index (χ2v) is 6.69. The van der Waals surface area contributed by atoms with E-state index in [0.717, 1.165) is 24.5 Å². The van der Waals surface area contributed by atoms with Crippen LogP contribution in [-0.2, 0) is 0 Å². The van der Waals surface area contributed by atoms with Crippen molar-refractivity contribution in [3.8, 4) is 5.75 Å². The highest BCUT2D eigenvalue weighted by atomic mass is 35.5. The minimum atomic E-state index is -0.286. The number of carbonyl (C=O) groups excluding carboxylic acids is 1. The molecular formula is C20H23ClN2O2S. The molecule has 0 aromatic heterocycles. The molecule has 0 spiro atoms. The highest BCUT2D eigenvalue weighted by Gasteiger charge is 2.08. The van der Waals surface area contributed by atoms with Crippen LogP contribution in [0.15, 0.2) is 48.5 Å². The third-order valence-electron chi connectivity index (χ3n) is 3.71. The second kappa shape index (κ2) is 10.8. The lowest BCUT2D eigenvalue weighted by atomic mass is 10.2. The molecule has 4 nitrogen and oxygen atoms in total. The van der Waals surface area contributed by atoms with Crippen LogP contribution < -0.4 is 15.4 Å². The first-order chi connectivity index (χ1) is 12.6. The fourth-order valence-corrected chi connectivity index (χ4v) is 2.63. The van der Waals surface area contributed by atoms with Gasteiger partial charge in [-0.3, -0.25) is 10.1 Å². The van der Waals surface area contributed by atoms with E-state index in [2.05, 4.69) is 17.6 Å². The van der Waals surface area contributed by atoms with Gasteiger partial charge in [-0.1, -0.05) is 37.8 Å². The molecule has 6 heteroatoms. The topological polar surface area (TPSA) is 50.4 Å². The number of hydrogen-bond donors (Lipinski definition) is 2. The summed E-state index contributed by atoms with van der Waals surface area (Å²) in [5.41, 5.74) is 1.27. The molecule has 0 saturated carbocycles. The number of unbranched alkanes of at least 4 members (excludes halogenated alkanes) is 3. The number of anilines is 1. The van der Waals surface area contributed by atoms with E-state index in [0.29, 0.717) is 10.6 Å². The first kappa shape index (κ1) is 20.2. The number of benzene rings is 2. The molecule has 138 valence electrons. The summed E-state index contributed by atoms with van der Waals surface area (Å²) in [6, 6.07) is 14.1. The molecule has 26 heavy (non-hydrogen) atoms. The van der Waals surface area contributed by atoms with Gasteiger partial charge in [0.2, 0.25) is 0 Å². The standard InChI is InChI=1S/C20H23ClN2O2S/c1-2-3-4-5-14-25-18-12-10-17(11-13-18)22-20(26)23-19(24)15-6-8-16(21)9-7-15/h6-13H,2-5,14H2,1H3,(H2,22,23,24,26). The highest BCUT2D eigenvalue weighted by molar-refractivity contribution is 7.80. The molecule has 2 N–H and O–H groups in total. The molecule has 2 rings (SSSR count). The zero-order chi connectivity index (χ0) is 18.8. The first-order valence-corrected chi connectivity index (χ1v) is 9.48. The Balaban J connectivity index is 1.78. The minimum absolute atomic E-state index is 0.234. The van der Waals surface area contributed by atoms with E-state index in [1.54, 1.807) is 24.3 Å². The van der Waals surface area contributed by atoms with Crippen LogP contribution in [0, 0.1) is 0 Å². The number of halogens is 1. The Labute approximate surface area is 164 Å². The lowest BCUT2D eigenvalue weighted by Crippen LogP contribution is -2.34. The maximum absolute atomic E-state index is 12.1. The normalized spacial score (nSPS) is 10.2. The van der Waals surface area contributed by atoms with E-state index in [4.69, 9.17) is 28.6 Å². The van der Waals surface area contributed by atoms with Gasteiger partial charge in [0.25, 0.3) is 5.91 Å². The number of thiocarbonyl (C=S) groups is 1. The summed E-state index contributed by atoms with van der Waals surface area (Å²) in [7, 11) is 0. The molecule has 0 fully saturated rings. The predicted octanol–water partition coefficient (Wildman–Crippen LogP) is 5.43. The number of hydrogen-bond acceptors (Lipinski definition) is 3. The number of carbonyl (C=O) groups is 1. The smallest absolute Gasteiger partial charge is 0.257 e. The van der Waals surface area contributed by atoms with Crippen LogP contribution in [0.2, 0.25) is 5.02 Å². The maximum Gasteiger partial charge on any atom is 0.257 e. The molecule has 1 amide bonds. The van der Waals surface area contributed by atoms with E-state index in [1.807, 2.05) is 24.3 Å². The van der Waals surface area contributed by atoms with E-state index in [-0.39, 0.29) is 11.0 Å². The van der Waals surface area contributed by atoms with Crippen LogP contribution >= 0.6 is 23.8 Å². The van der Waals surface area contributed by atoms with Gasteiger partial charge >= 0.3 is 0 Å². The molecule has 2 aromatic rings. The van der Waals surface area contributed by atoms with E-state index in [9.17, 15) is 4.79 Å². The largest absolute Gasteiger partial charge is 0.494 e. The molecule has 0 atom stereocenters. The lowest BCUT2D eigenvalue weighted by Gasteiger charge is -2.11. The van der Waals surface area contributed by atoms with Crippen molar-refractivity contribution in [1.82, 2.24) is 5.32 Å². The zero-order valence-electron chi connectivity index (χ0n) is 14.8. The van der Waals surface area contributed by atoms with E-state index < -0.39 is 0 Å². The van der Waals surface area contributed by atoms with Crippen molar-refractivity contribution < 1.29 is 9.53 Å². The van der Waals surface area contributed by atoms with Gasteiger partial charge in [0.05, 0.1) is 6.61 Å². The number of amides is 1. The van der Waals surface area contributed by atoms with Crippen LogP contribution in [0.1, 0.15) is 43.0 Å². The summed E-state index contributed by atoms with van der Waals surface area (Å²) in [5.74, 6) is 0.536. The molecular weight excluding hydrogens is 368 g/mol. The lowest BCUT2D eigenvalue weighted by molar-refractivity contribution is 0.0977. The Morgan fingerprint density at radius 2 is 1.73 bits per heavy atom. The van der Waals surface area contributed by atoms with Crippen LogP contribution in [0.5, 0.6) is 5.75 Å². The zero-order valence-corrected chi connectivity index (χ0v) is 16.3. The van der Waals surface area contributed by atoms with Crippen LogP contribution in [0.25, 0.3) is 0 Å². The SMILES string of the molecule is CCCCCCOc1ccc(NC(=S)NC(=O)c2ccc(Cl)cc2)cc1.